The third kappa shape index (κ3) is 8.88. The van der Waals surface area contributed by atoms with E-state index in [1.165, 1.54) is 7.11 Å². The van der Waals surface area contributed by atoms with E-state index >= 15 is 0 Å². The van der Waals surface area contributed by atoms with Gasteiger partial charge in [0, 0.05) is 0 Å². The van der Waals surface area contributed by atoms with Crippen molar-refractivity contribution in [3.8, 4) is 0 Å². The molecule has 0 saturated carbocycles. The number of methoxy groups -OCH3 is 1. The minimum absolute atomic E-state index is 0.0939. The number of carbonyl (C=O) groups excluding carboxylic acids is 2. The number of benzene rings is 3. The lowest BCUT2D eigenvalue weighted by Crippen LogP contribution is -2.46. The lowest BCUT2D eigenvalue weighted by atomic mass is 9.93. The summed E-state index contributed by atoms with van der Waals surface area (Å²) in [7, 11) is 1.36. The highest BCUT2D eigenvalue weighted by atomic mass is 32.1. The van der Waals surface area contributed by atoms with Gasteiger partial charge in [-0.1, -0.05) is 91.0 Å². The van der Waals surface area contributed by atoms with Crippen molar-refractivity contribution in [2.45, 2.75) is 50.9 Å². The van der Waals surface area contributed by atoms with Crippen LogP contribution in [0.5, 0.6) is 0 Å². The normalized spacial score (nSPS) is 13.4. The third-order valence-electron chi connectivity index (χ3n) is 5.72. The number of esters is 1. The fourth-order valence-corrected chi connectivity index (χ4v) is 4.27. The van der Waals surface area contributed by atoms with E-state index in [-0.39, 0.29) is 12.4 Å². The molecule has 8 heteroatoms. The van der Waals surface area contributed by atoms with Gasteiger partial charge in [0.1, 0.15) is 5.60 Å². The van der Waals surface area contributed by atoms with Crippen molar-refractivity contribution in [2.24, 2.45) is 0 Å². The first kappa shape index (κ1) is 28.7. The first-order valence-corrected chi connectivity index (χ1v) is 12.9. The molecule has 0 fully saturated rings. The van der Waals surface area contributed by atoms with Crippen LogP contribution < -0.4 is 16.0 Å². The van der Waals surface area contributed by atoms with E-state index in [1.807, 2.05) is 112 Å². The number of hydrogen-bond donors (Lipinski definition) is 3. The number of ether oxygens (including phenoxy) is 2. The van der Waals surface area contributed by atoms with Crippen molar-refractivity contribution in [1.82, 2.24) is 16.0 Å². The summed E-state index contributed by atoms with van der Waals surface area (Å²) in [6.07, 6.45) is -0.447. The van der Waals surface area contributed by atoms with E-state index in [0.717, 1.165) is 16.7 Å². The molecule has 3 aromatic carbocycles. The summed E-state index contributed by atoms with van der Waals surface area (Å²) in [6, 6.07) is 27.5. The first-order valence-electron chi connectivity index (χ1n) is 12.4. The second-order valence-corrected chi connectivity index (χ2v) is 10.2. The number of alkyl carbamates (subject to hydrolysis) is 1. The van der Waals surface area contributed by atoms with Gasteiger partial charge in [-0.2, -0.15) is 0 Å². The molecule has 200 valence electrons. The van der Waals surface area contributed by atoms with Crippen LogP contribution >= 0.6 is 12.2 Å². The Morgan fingerprint density at radius 3 is 1.63 bits per heavy atom. The van der Waals surface area contributed by atoms with E-state index in [4.69, 9.17) is 21.7 Å². The highest BCUT2D eigenvalue weighted by molar-refractivity contribution is 7.80. The SMILES string of the molecule is COC(=O)C[C@H](NC(=S)N[C@@H](c1ccccc1)[C@@H](NC(=O)OC(C)(C)C)c1ccccc1)c1ccccc1. The van der Waals surface area contributed by atoms with E-state index < -0.39 is 29.8 Å². The summed E-state index contributed by atoms with van der Waals surface area (Å²) in [5, 5.41) is 10.0. The molecular formula is C30H35N3O4S. The molecular weight excluding hydrogens is 498 g/mol. The van der Waals surface area contributed by atoms with Crippen molar-refractivity contribution in [3.63, 3.8) is 0 Å². The molecule has 0 saturated heterocycles. The maximum absolute atomic E-state index is 12.9. The fraction of sp³-hybridized carbons (Fsp3) is 0.300. The van der Waals surface area contributed by atoms with Crippen LogP contribution in [0.25, 0.3) is 0 Å². The fourth-order valence-electron chi connectivity index (χ4n) is 4.00. The van der Waals surface area contributed by atoms with Crippen LogP contribution in [0.2, 0.25) is 0 Å². The van der Waals surface area contributed by atoms with Gasteiger partial charge in [-0.3, -0.25) is 4.79 Å². The Balaban J connectivity index is 1.93. The van der Waals surface area contributed by atoms with Crippen LogP contribution in [-0.4, -0.2) is 29.9 Å². The quantitative estimate of drug-likeness (QED) is 0.238. The van der Waals surface area contributed by atoms with E-state index in [2.05, 4.69) is 16.0 Å². The van der Waals surface area contributed by atoms with Crippen LogP contribution in [0, 0.1) is 0 Å². The molecule has 0 bridgehead atoms. The number of hydrogen-bond acceptors (Lipinski definition) is 5. The van der Waals surface area contributed by atoms with Crippen molar-refractivity contribution < 1.29 is 19.1 Å². The Hall–Kier alpha value is -3.91. The Kier molecular flexibility index (Phi) is 10.2. The molecule has 38 heavy (non-hydrogen) atoms. The summed E-state index contributed by atoms with van der Waals surface area (Å²) in [6.45, 7) is 5.46. The number of carbonyl (C=O) groups is 2. The lowest BCUT2D eigenvalue weighted by molar-refractivity contribution is -0.141. The van der Waals surface area contributed by atoms with Gasteiger partial charge in [0.15, 0.2) is 5.11 Å². The molecule has 0 spiro atoms. The standard InChI is InChI=1S/C30H35N3O4S/c1-30(2,3)37-29(35)33-27(23-18-12-7-13-19-23)26(22-16-10-6-11-17-22)32-28(38)31-24(20-25(34)36-4)21-14-8-5-9-15-21/h5-19,24,26-27H,20H2,1-4H3,(H,33,35)(H2,31,32,38)/t24-,26-,27-/m0/s1. The molecule has 0 unspecified atom stereocenters. The molecule has 0 radical (unpaired) electrons. The lowest BCUT2D eigenvalue weighted by Gasteiger charge is -2.32. The molecule has 1 amide bonds. The number of rotatable bonds is 9. The van der Waals surface area contributed by atoms with Crippen LogP contribution in [0.15, 0.2) is 91.0 Å². The molecule has 7 nitrogen and oxygen atoms in total. The van der Waals surface area contributed by atoms with Crippen LogP contribution in [0.4, 0.5) is 4.79 Å². The van der Waals surface area contributed by atoms with E-state index in [1.54, 1.807) is 0 Å². The average Bonchev–Trinajstić information content (AvgIpc) is 2.90. The number of thiocarbonyl (C=S) groups is 1. The molecule has 0 aliphatic heterocycles. The van der Waals surface area contributed by atoms with Gasteiger partial charge >= 0.3 is 12.1 Å². The zero-order chi connectivity index (χ0) is 27.5. The van der Waals surface area contributed by atoms with Gasteiger partial charge in [0.25, 0.3) is 0 Å². The highest BCUT2D eigenvalue weighted by Crippen LogP contribution is 2.30. The van der Waals surface area contributed by atoms with Gasteiger partial charge in [-0.15, -0.1) is 0 Å². The second kappa shape index (κ2) is 13.6. The van der Waals surface area contributed by atoms with Gasteiger partial charge in [0.2, 0.25) is 0 Å². The van der Waals surface area contributed by atoms with Crippen molar-refractivity contribution in [3.05, 3.63) is 108 Å². The van der Waals surface area contributed by atoms with Crippen LogP contribution in [-0.2, 0) is 14.3 Å². The largest absolute Gasteiger partial charge is 0.469 e. The molecule has 0 aliphatic carbocycles. The van der Waals surface area contributed by atoms with Crippen molar-refractivity contribution in [1.29, 1.82) is 0 Å². The van der Waals surface area contributed by atoms with Gasteiger partial charge in [0.05, 0.1) is 31.7 Å². The minimum Gasteiger partial charge on any atom is -0.469 e. The summed E-state index contributed by atoms with van der Waals surface area (Å²) < 4.78 is 10.5. The van der Waals surface area contributed by atoms with E-state index in [0.29, 0.717) is 5.11 Å². The summed E-state index contributed by atoms with van der Waals surface area (Å²) >= 11 is 5.75. The highest BCUT2D eigenvalue weighted by Gasteiger charge is 2.30. The maximum atomic E-state index is 12.9. The zero-order valence-electron chi connectivity index (χ0n) is 22.1. The first-order chi connectivity index (χ1) is 18.2. The summed E-state index contributed by atoms with van der Waals surface area (Å²) in [5.41, 5.74) is 2.02. The minimum atomic E-state index is -0.658. The number of nitrogens with one attached hydrogen (secondary N) is 3. The van der Waals surface area contributed by atoms with Gasteiger partial charge < -0.3 is 25.4 Å². The van der Waals surface area contributed by atoms with Crippen molar-refractivity contribution >= 4 is 29.4 Å². The third-order valence-corrected chi connectivity index (χ3v) is 5.95. The molecule has 0 heterocycles. The molecule has 3 rings (SSSR count). The molecule has 3 aromatic rings. The zero-order valence-corrected chi connectivity index (χ0v) is 23.0. The number of amides is 1. The predicted molar refractivity (Wildman–Crippen MR) is 152 cm³/mol. The Labute approximate surface area is 229 Å². The second-order valence-electron chi connectivity index (χ2n) is 9.78. The van der Waals surface area contributed by atoms with Gasteiger partial charge in [-0.25, -0.2) is 4.79 Å². The summed E-state index contributed by atoms with van der Waals surface area (Å²) in [5.74, 6) is -0.359. The van der Waals surface area contributed by atoms with Crippen LogP contribution in [0.1, 0.15) is 62.0 Å². The van der Waals surface area contributed by atoms with Crippen molar-refractivity contribution in [2.75, 3.05) is 7.11 Å². The van der Waals surface area contributed by atoms with E-state index in [9.17, 15) is 9.59 Å². The Morgan fingerprint density at radius 2 is 1.18 bits per heavy atom. The van der Waals surface area contributed by atoms with Crippen LogP contribution in [0.3, 0.4) is 0 Å². The maximum Gasteiger partial charge on any atom is 0.408 e. The smallest absolute Gasteiger partial charge is 0.408 e. The Morgan fingerprint density at radius 1 is 0.737 bits per heavy atom. The summed E-state index contributed by atoms with van der Waals surface area (Å²) in [4.78, 5) is 25.1. The molecule has 0 aliphatic rings. The monoisotopic (exact) mass is 533 g/mol. The predicted octanol–water partition coefficient (Wildman–Crippen LogP) is 5.76. The average molecular weight is 534 g/mol. The topological polar surface area (TPSA) is 88.7 Å². The van der Waals surface area contributed by atoms with Gasteiger partial charge in [-0.05, 0) is 49.7 Å². The molecule has 0 aromatic heterocycles. The molecule has 3 N–H and O–H groups in total. The molecule has 3 atom stereocenters. The Bertz CT molecular complexity index is 1180.